The molecule has 1 aromatic rings. The van der Waals surface area contributed by atoms with Crippen LogP contribution in [0.3, 0.4) is 0 Å². The fourth-order valence-electron chi connectivity index (χ4n) is 3.73. The number of hydrogen-bond donors (Lipinski definition) is 1. The summed E-state index contributed by atoms with van der Waals surface area (Å²) in [6.45, 7) is 2.17. The molecule has 0 spiro atoms. The number of hydrogen-bond acceptors (Lipinski definition) is 2. The summed E-state index contributed by atoms with van der Waals surface area (Å²) >= 11 is 0. The van der Waals surface area contributed by atoms with Crippen molar-refractivity contribution in [2.45, 2.75) is 63.7 Å². The third kappa shape index (κ3) is 3.55. The third-order valence-electron chi connectivity index (χ3n) is 5.22. The Balaban J connectivity index is 2.21. The number of aliphatic carboxylic acids is 1. The van der Waals surface area contributed by atoms with Gasteiger partial charge in [-0.05, 0) is 37.7 Å². The summed E-state index contributed by atoms with van der Waals surface area (Å²) in [5.41, 5.74) is -1.08. The summed E-state index contributed by atoms with van der Waals surface area (Å²) in [5.74, 6) is -1.10. The van der Waals surface area contributed by atoms with E-state index in [4.69, 9.17) is 5.26 Å². The quantitative estimate of drug-likeness (QED) is 0.767. The van der Waals surface area contributed by atoms with E-state index in [1.165, 1.54) is 31.4 Å². The van der Waals surface area contributed by atoms with E-state index in [-0.39, 0.29) is 11.1 Å². The Morgan fingerprint density at radius 1 is 1.39 bits per heavy atom. The summed E-state index contributed by atoms with van der Waals surface area (Å²) in [5, 5.41) is 18.8. The number of carboxylic acids is 1. The molecule has 1 aliphatic carbocycles. The summed E-state index contributed by atoms with van der Waals surface area (Å²) < 4.78 is 14.5. The first-order chi connectivity index (χ1) is 11.0. The molecule has 0 aliphatic heterocycles. The number of unbranched alkanes of at least 4 members (excludes halogenated alkanes) is 2. The first-order valence-corrected chi connectivity index (χ1v) is 8.47. The van der Waals surface area contributed by atoms with E-state index < -0.39 is 17.2 Å². The Morgan fingerprint density at radius 2 is 2.09 bits per heavy atom. The molecular weight excluding hydrogens is 293 g/mol. The average Bonchev–Trinajstić information content (AvgIpc) is 2.56. The number of halogens is 1. The van der Waals surface area contributed by atoms with Gasteiger partial charge < -0.3 is 5.11 Å². The van der Waals surface area contributed by atoms with Crippen LogP contribution in [-0.4, -0.2) is 11.1 Å². The summed E-state index contributed by atoms with van der Waals surface area (Å²) in [4.78, 5) is 11.9. The number of nitrogens with zero attached hydrogens (tertiary/aromatic N) is 1. The standard InChI is InChI=1S/C19H24FNO2/c1-2-3-4-6-14-9-11-19(12-10-14,18(22)23)16-8-5-7-15(13-21)17(16)20/h5,7-8,14H,2-4,6,9-12H2,1H3,(H,22,23). The maximum Gasteiger partial charge on any atom is 0.314 e. The van der Waals surface area contributed by atoms with E-state index in [2.05, 4.69) is 6.92 Å². The van der Waals surface area contributed by atoms with Crippen molar-refractivity contribution in [3.8, 4) is 6.07 Å². The third-order valence-corrected chi connectivity index (χ3v) is 5.22. The summed E-state index contributed by atoms with van der Waals surface area (Å²) in [6, 6.07) is 6.31. The summed E-state index contributed by atoms with van der Waals surface area (Å²) in [7, 11) is 0. The van der Waals surface area contributed by atoms with Crippen LogP contribution in [0.15, 0.2) is 18.2 Å². The lowest BCUT2D eigenvalue weighted by Gasteiger charge is -2.37. The van der Waals surface area contributed by atoms with Crippen molar-refractivity contribution in [2.75, 3.05) is 0 Å². The second kappa shape index (κ2) is 7.59. The molecule has 0 radical (unpaired) electrons. The zero-order chi connectivity index (χ0) is 16.9. The van der Waals surface area contributed by atoms with Gasteiger partial charge in [0.25, 0.3) is 0 Å². The Kier molecular flexibility index (Phi) is 5.76. The molecule has 1 fully saturated rings. The van der Waals surface area contributed by atoms with Crippen molar-refractivity contribution in [1.82, 2.24) is 0 Å². The second-order valence-electron chi connectivity index (χ2n) is 6.61. The minimum absolute atomic E-state index is 0.0757. The number of rotatable bonds is 6. The maximum atomic E-state index is 14.5. The Labute approximate surface area is 137 Å². The Hall–Kier alpha value is -1.89. The molecule has 2 rings (SSSR count). The zero-order valence-corrected chi connectivity index (χ0v) is 13.6. The molecule has 1 aliphatic rings. The lowest BCUT2D eigenvalue weighted by molar-refractivity contribution is -0.145. The van der Waals surface area contributed by atoms with Crippen LogP contribution >= 0.6 is 0 Å². The number of benzene rings is 1. The highest BCUT2D eigenvalue weighted by molar-refractivity contribution is 5.81. The van der Waals surface area contributed by atoms with Gasteiger partial charge in [0.1, 0.15) is 11.9 Å². The number of carboxylic acid groups (broad SMARTS) is 1. The van der Waals surface area contributed by atoms with E-state index >= 15 is 0 Å². The van der Waals surface area contributed by atoms with Crippen LogP contribution in [0.4, 0.5) is 4.39 Å². The monoisotopic (exact) mass is 317 g/mol. The average molecular weight is 317 g/mol. The van der Waals surface area contributed by atoms with Gasteiger partial charge in [0.05, 0.1) is 11.0 Å². The van der Waals surface area contributed by atoms with Crippen LogP contribution < -0.4 is 0 Å². The van der Waals surface area contributed by atoms with E-state index in [0.29, 0.717) is 18.8 Å². The predicted molar refractivity (Wildman–Crippen MR) is 86.5 cm³/mol. The van der Waals surface area contributed by atoms with Crippen LogP contribution in [0.2, 0.25) is 0 Å². The fraction of sp³-hybridized carbons (Fsp3) is 0.579. The Bertz CT molecular complexity index is 598. The van der Waals surface area contributed by atoms with Crippen LogP contribution in [-0.2, 0) is 10.2 Å². The van der Waals surface area contributed by atoms with Gasteiger partial charge in [0, 0.05) is 5.56 Å². The summed E-state index contributed by atoms with van der Waals surface area (Å²) in [6.07, 6.45) is 7.22. The van der Waals surface area contributed by atoms with Gasteiger partial charge in [-0.1, -0.05) is 44.7 Å². The van der Waals surface area contributed by atoms with Gasteiger partial charge in [0.15, 0.2) is 0 Å². The molecule has 1 aromatic carbocycles. The molecular formula is C19H24FNO2. The van der Waals surface area contributed by atoms with E-state index in [1.54, 1.807) is 12.1 Å². The van der Waals surface area contributed by atoms with Gasteiger partial charge in [-0.15, -0.1) is 0 Å². The van der Waals surface area contributed by atoms with Gasteiger partial charge in [-0.3, -0.25) is 4.79 Å². The van der Waals surface area contributed by atoms with Crippen LogP contribution in [0.25, 0.3) is 0 Å². The zero-order valence-electron chi connectivity index (χ0n) is 13.6. The SMILES string of the molecule is CCCCCC1CCC(C(=O)O)(c2cccc(C#N)c2F)CC1. The molecule has 23 heavy (non-hydrogen) atoms. The minimum atomic E-state index is -1.18. The van der Waals surface area contributed by atoms with Gasteiger partial charge in [-0.2, -0.15) is 5.26 Å². The first kappa shape index (κ1) is 17.5. The molecule has 0 aromatic heterocycles. The Morgan fingerprint density at radius 3 is 2.65 bits per heavy atom. The van der Waals surface area contributed by atoms with Crippen LogP contribution in [0.1, 0.15) is 69.4 Å². The lowest BCUT2D eigenvalue weighted by Crippen LogP contribution is -2.40. The van der Waals surface area contributed by atoms with E-state index in [0.717, 1.165) is 19.3 Å². The molecule has 3 nitrogen and oxygen atoms in total. The molecule has 124 valence electrons. The maximum absolute atomic E-state index is 14.5. The van der Waals surface area contributed by atoms with Crippen molar-refractivity contribution in [3.05, 3.63) is 35.1 Å². The highest BCUT2D eigenvalue weighted by Crippen LogP contribution is 2.44. The smallest absolute Gasteiger partial charge is 0.314 e. The second-order valence-corrected chi connectivity index (χ2v) is 6.61. The molecule has 0 amide bonds. The van der Waals surface area contributed by atoms with Crippen LogP contribution in [0, 0.1) is 23.1 Å². The molecule has 4 heteroatoms. The molecule has 0 bridgehead atoms. The van der Waals surface area contributed by atoms with E-state index in [9.17, 15) is 14.3 Å². The number of nitriles is 1. The predicted octanol–water partition coefficient (Wildman–Crippen LogP) is 4.79. The topological polar surface area (TPSA) is 61.1 Å². The van der Waals surface area contributed by atoms with Crippen molar-refractivity contribution in [3.63, 3.8) is 0 Å². The van der Waals surface area contributed by atoms with Crippen molar-refractivity contribution < 1.29 is 14.3 Å². The molecule has 0 heterocycles. The number of carbonyl (C=O) groups is 1. The largest absolute Gasteiger partial charge is 0.481 e. The minimum Gasteiger partial charge on any atom is -0.481 e. The molecule has 0 unspecified atom stereocenters. The van der Waals surface area contributed by atoms with Crippen molar-refractivity contribution in [2.24, 2.45) is 5.92 Å². The van der Waals surface area contributed by atoms with Gasteiger partial charge in [0.2, 0.25) is 0 Å². The molecule has 0 saturated heterocycles. The fourth-order valence-corrected chi connectivity index (χ4v) is 3.73. The van der Waals surface area contributed by atoms with Gasteiger partial charge in [-0.25, -0.2) is 4.39 Å². The highest BCUT2D eigenvalue weighted by atomic mass is 19.1. The molecule has 0 atom stereocenters. The normalized spacial score (nSPS) is 24.1. The van der Waals surface area contributed by atoms with Crippen LogP contribution in [0.5, 0.6) is 0 Å². The molecule has 1 N–H and O–H groups in total. The molecule has 1 saturated carbocycles. The first-order valence-electron chi connectivity index (χ1n) is 8.47. The highest BCUT2D eigenvalue weighted by Gasteiger charge is 2.45. The lowest BCUT2D eigenvalue weighted by atomic mass is 9.65. The van der Waals surface area contributed by atoms with Gasteiger partial charge >= 0.3 is 5.97 Å². The van der Waals surface area contributed by atoms with Crippen molar-refractivity contribution >= 4 is 5.97 Å². The van der Waals surface area contributed by atoms with Crippen molar-refractivity contribution in [1.29, 1.82) is 5.26 Å². The van der Waals surface area contributed by atoms with E-state index in [1.807, 2.05) is 0 Å².